The molecule has 0 atom stereocenters. The molecular formula is C27H20N4O. The predicted molar refractivity (Wildman–Crippen MR) is 129 cm³/mol. The van der Waals surface area contributed by atoms with Crippen LogP contribution in [-0.4, -0.2) is 15.9 Å². The molecule has 1 aromatic heterocycles. The third-order valence-corrected chi connectivity index (χ3v) is 5.19. The molecule has 32 heavy (non-hydrogen) atoms. The van der Waals surface area contributed by atoms with Crippen LogP contribution in [0.2, 0.25) is 0 Å². The van der Waals surface area contributed by atoms with Crippen molar-refractivity contribution in [1.82, 2.24) is 9.97 Å². The highest BCUT2D eigenvalue weighted by atomic mass is 16.1. The molecule has 0 fully saturated rings. The first-order chi connectivity index (χ1) is 15.8. The smallest absolute Gasteiger partial charge is 0.256 e. The molecule has 4 aromatic carbocycles. The van der Waals surface area contributed by atoms with Gasteiger partial charge >= 0.3 is 0 Å². The van der Waals surface area contributed by atoms with Gasteiger partial charge in [0.05, 0.1) is 5.69 Å². The van der Waals surface area contributed by atoms with Crippen molar-refractivity contribution in [1.29, 1.82) is 0 Å². The van der Waals surface area contributed by atoms with Crippen molar-refractivity contribution in [3.63, 3.8) is 0 Å². The SMILES string of the molecule is O=C(Nc1ccc(Nc2cc(-c3ccccc3)ncn2)cc1)c1cccc2ccccc12. The normalized spacial score (nSPS) is 10.6. The molecule has 0 aliphatic heterocycles. The van der Waals surface area contributed by atoms with Crippen LogP contribution in [0.15, 0.2) is 109 Å². The van der Waals surface area contributed by atoms with Gasteiger partial charge < -0.3 is 10.6 Å². The number of nitrogens with zero attached hydrogens (tertiary/aromatic N) is 2. The van der Waals surface area contributed by atoms with Gasteiger partial charge in [-0.1, -0.05) is 66.7 Å². The molecule has 0 radical (unpaired) electrons. The number of rotatable bonds is 5. The Hall–Kier alpha value is -4.51. The van der Waals surface area contributed by atoms with E-state index in [4.69, 9.17) is 0 Å². The number of amides is 1. The first-order valence-electron chi connectivity index (χ1n) is 10.3. The Morgan fingerprint density at radius 3 is 2.25 bits per heavy atom. The van der Waals surface area contributed by atoms with Crippen molar-refractivity contribution in [2.75, 3.05) is 10.6 Å². The molecule has 0 saturated carbocycles. The lowest BCUT2D eigenvalue weighted by Crippen LogP contribution is -2.12. The van der Waals surface area contributed by atoms with E-state index < -0.39 is 0 Å². The second kappa shape index (κ2) is 8.70. The molecule has 5 heteroatoms. The van der Waals surface area contributed by atoms with Crippen molar-refractivity contribution in [3.8, 4) is 11.3 Å². The molecular weight excluding hydrogens is 396 g/mol. The van der Waals surface area contributed by atoms with Crippen molar-refractivity contribution in [3.05, 3.63) is 115 Å². The van der Waals surface area contributed by atoms with Gasteiger partial charge in [0.25, 0.3) is 5.91 Å². The van der Waals surface area contributed by atoms with Crippen LogP contribution in [-0.2, 0) is 0 Å². The highest BCUT2D eigenvalue weighted by Gasteiger charge is 2.10. The first-order valence-corrected chi connectivity index (χ1v) is 10.3. The Bertz CT molecular complexity index is 1380. The molecule has 0 bridgehead atoms. The van der Waals surface area contributed by atoms with Crippen LogP contribution in [0.3, 0.4) is 0 Å². The zero-order chi connectivity index (χ0) is 21.8. The van der Waals surface area contributed by atoms with Crippen molar-refractivity contribution < 1.29 is 4.79 Å². The molecule has 5 aromatic rings. The molecule has 0 aliphatic carbocycles. The third-order valence-electron chi connectivity index (χ3n) is 5.19. The molecule has 0 aliphatic rings. The lowest BCUT2D eigenvalue weighted by molar-refractivity contribution is 0.102. The van der Waals surface area contributed by atoms with E-state index in [2.05, 4.69) is 20.6 Å². The van der Waals surface area contributed by atoms with Crippen molar-refractivity contribution in [2.45, 2.75) is 0 Å². The fourth-order valence-corrected chi connectivity index (χ4v) is 3.60. The van der Waals surface area contributed by atoms with Crippen LogP contribution in [0.4, 0.5) is 17.2 Å². The quantitative estimate of drug-likeness (QED) is 0.353. The number of hydrogen-bond acceptors (Lipinski definition) is 4. The predicted octanol–water partition coefficient (Wildman–Crippen LogP) is 6.29. The minimum absolute atomic E-state index is 0.134. The summed E-state index contributed by atoms with van der Waals surface area (Å²) >= 11 is 0. The molecule has 154 valence electrons. The minimum Gasteiger partial charge on any atom is -0.340 e. The average molecular weight is 416 g/mol. The zero-order valence-electron chi connectivity index (χ0n) is 17.2. The van der Waals surface area contributed by atoms with Gasteiger partial charge in [-0.25, -0.2) is 9.97 Å². The second-order valence-electron chi connectivity index (χ2n) is 7.34. The van der Waals surface area contributed by atoms with Gasteiger partial charge in [-0.2, -0.15) is 0 Å². The molecule has 1 heterocycles. The maximum atomic E-state index is 12.8. The molecule has 0 unspecified atom stereocenters. The minimum atomic E-state index is -0.134. The summed E-state index contributed by atoms with van der Waals surface area (Å²) in [6.45, 7) is 0. The molecule has 0 saturated heterocycles. The van der Waals surface area contributed by atoms with Crippen LogP contribution in [0.5, 0.6) is 0 Å². The van der Waals surface area contributed by atoms with Gasteiger partial charge in [-0.15, -0.1) is 0 Å². The fraction of sp³-hybridized carbons (Fsp3) is 0. The summed E-state index contributed by atoms with van der Waals surface area (Å²) < 4.78 is 0. The Kier molecular flexibility index (Phi) is 5.29. The Balaban J connectivity index is 1.30. The van der Waals surface area contributed by atoms with Crippen LogP contribution in [0.1, 0.15) is 10.4 Å². The van der Waals surface area contributed by atoms with Crippen LogP contribution in [0.25, 0.3) is 22.0 Å². The Labute approximate surface area is 185 Å². The van der Waals surface area contributed by atoms with Crippen molar-refractivity contribution >= 4 is 33.9 Å². The summed E-state index contributed by atoms with van der Waals surface area (Å²) in [5.41, 5.74) is 4.12. The highest BCUT2D eigenvalue weighted by molar-refractivity contribution is 6.12. The monoisotopic (exact) mass is 416 g/mol. The number of anilines is 3. The third kappa shape index (κ3) is 4.18. The second-order valence-corrected chi connectivity index (χ2v) is 7.34. The maximum Gasteiger partial charge on any atom is 0.256 e. The highest BCUT2D eigenvalue weighted by Crippen LogP contribution is 2.23. The summed E-state index contributed by atoms with van der Waals surface area (Å²) in [6.07, 6.45) is 1.55. The van der Waals surface area contributed by atoms with E-state index in [0.29, 0.717) is 11.4 Å². The number of carbonyl (C=O) groups excluding carboxylic acids is 1. The maximum absolute atomic E-state index is 12.8. The van der Waals surface area contributed by atoms with Gasteiger partial charge in [-0.05, 0) is 41.1 Å². The van der Waals surface area contributed by atoms with Crippen LogP contribution in [0, 0.1) is 0 Å². The van der Waals surface area contributed by atoms with Crippen molar-refractivity contribution in [2.24, 2.45) is 0 Å². The molecule has 0 spiro atoms. The molecule has 5 nitrogen and oxygen atoms in total. The summed E-state index contributed by atoms with van der Waals surface area (Å²) in [5, 5.41) is 8.24. The van der Waals surface area contributed by atoms with Crippen LogP contribution >= 0.6 is 0 Å². The topological polar surface area (TPSA) is 66.9 Å². The number of fused-ring (bicyclic) bond motifs is 1. The van der Waals surface area contributed by atoms with E-state index in [1.165, 1.54) is 0 Å². The first kappa shape index (κ1) is 19.5. The van der Waals surface area contributed by atoms with E-state index in [1.54, 1.807) is 6.33 Å². The van der Waals surface area contributed by atoms with Gasteiger partial charge in [0, 0.05) is 28.6 Å². The number of benzene rings is 4. The summed E-state index contributed by atoms with van der Waals surface area (Å²) in [6, 6.07) is 33.0. The summed E-state index contributed by atoms with van der Waals surface area (Å²) in [7, 11) is 0. The summed E-state index contributed by atoms with van der Waals surface area (Å²) in [4.78, 5) is 21.5. The van der Waals surface area contributed by atoms with E-state index in [9.17, 15) is 4.79 Å². The van der Waals surface area contributed by atoms with E-state index >= 15 is 0 Å². The van der Waals surface area contributed by atoms with Gasteiger partial charge in [0.15, 0.2) is 0 Å². The van der Waals surface area contributed by atoms with Gasteiger partial charge in [0.2, 0.25) is 0 Å². The summed E-state index contributed by atoms with van der Waals surface area (Å²) in [5.74, 6) is 0.567. The molecule has 5 rings (SSSR count). The number of aromatic nitrogens is 2. The Morgan fingerprint density at radius 1 is 0.688 bits per heavy atom. The van der Waals surface area contributed by atoms with E-state index in [-0.39, 0.29) is 5.91 Å². The largest absolute Gasteiger partial charge is 0.340 e. The fourth-order valence-electron chi connectivity index (χ4n) is 3.60. The molecule has 2 N–H and O–H groups in total. The van der Waals surface area contributed by atoms with Gasteiger partial charge in [-0.3, -0.25) is 4.79 Å². The van der Waals surface area contributed by atoms with Gasteiger partial charge in [0.1, 0.15) is 12.1 Å². The zero-order valence-corrected chi connectivity index (χ0v) is 17.2. The standard InChI is InChI=1S/C27H20N4O/c32-27(24-12-6-10-19-7-4-5-11-23(19)24)31-22-15-13-21(14-16-22)30-26-17-25(28-18-29-26)20-8-2-1-3-9-20/h1-18H,(H,31,32)(H,28,29,30). The lowest BCUT2D eigenvalue weighted by Gasteiger charge is -2.10. The number of nitrogens with one attached hydrogen (secondary N) is 2. The lowest BCUT2D eigenvalue weighted by atomic mass is 10.0. The van der Waals surface area contributed by atoms with E-state index in [1.807, 2.05) is 103 Å². The van der Waals surface area contributed by atoms with Crippen LogP contribution < -0.4 is 10.6 Å². The number of hydrogen-bond donors (Lipinski definition) is 2. The molecule has 1 amide bonds. The Morgan fingerprint density at radius 2 is 1.41 bits per heavy atom. The number of carbonyl (C=O) groups is 1. The van der Waals surface area contributed by atoms with E-state index in [0.717, 1.165) is 33.4 Å². The average Bonchev–Trinajstić information content (AvgIpc) is 2.85.